The maximum absolute atomic E-state index is 12.3. The summed E-state index contributed by atoms with van der Waals surface area (Å²) >= 11 is 0. The number of hydrogen-bond acceptors (Lipinski definition) is 5. The lowest BCUT2D eigenvalue weighted by atomic mass is 10.0. The van der Waals surface area contributed by atoms with Gasteiger partial charge < -0.3 is 10.4 Å². The molecular weight excluding hydrogens is 344 g/mol. The Labute approximate surface area is 158 Å². The van der Waals surface area contributed by atoms with E-state index in [0.29, 0.717) is 17.8 Å². The molecule has 3 rings (SSSR count). The molecule has 1 aromatic carbocycles. The van der Waals surface area contributed by atoms with Crippen LogP contribution in [0.25, 0.3) is 11.3 Å². The molecule has 0 spiro atoms. The summed E-state index contributed by atoms with van der Waals surface area (Å²) < 4.78 is 1.29. The Hall–Kier alpha value is -2.51. The molecule has 1 aromatic heterocycles. The maximum Gasteiger partial charge on any atom is 0.266 e. The van der Waals surface area contributed by atoms with Crippen molar-refractivity contribution in [3.8, 4) is 11.3 Å². The number of aryl methyl sites for hydroxylation is 1. The van der Waals surface area contributed by atoms with E-state index in [1.54, 1.807) is 25.2 Å². The number of rotatable bonds is 6. The van der Waals surface area contributed by atoms with Gasteiger partial charge in [0.15, 0.2) is 0 Å². The normalized spacial score (nSPS) is 17.6. The Kier molecular flexibility index (Phi) is 6.36. The second-order valence-corrected chi connectivity index (χ2v) is 6.88. The standard InChI is InChI=1S/C20H26N4O3/c1-23-19(26)10-9-18(22-23)15-5-7-16(8-6-15)20(27)21-11-13-24-12-3-2-4-17(24)14-25/h5-10,17,25H,2-4,11-14H2,1H3,(H,21,27). The number of likely N-dealkylation sites (tertiary alicyclic amines) is 1. The van der Waals surface area contributed by atoms with Crippen molar-refractivity contribution in [3.63, 3.8) is 0 Å². The number of aliphatic hydroxyl groups excluding tert-OH is 1. The zero-order valence-electron chi connectivity index (χ0n) is 15.6. The highest BCUT2D eigenvalue weighted by atomic mass is 16.3. The molecule has 144 valence electrons. The summed E-state index contributed by atoms with van der Waals surface area (Å²) in [6.07, 6.45) is 3.32. The second kappa shape index (κ2) is 8.92. The van der Waals surface area contributed by atoms with Gasteiger partial charge in [-0.15, -0.1) is 0 Å². The number of nitrogens with one attached hydrogen (secondary N) is 1. The molecule has 0 saturated carbocycles. The fourth-order valence-electron chi connectivity index (χ4n) is 3.42. The van der Waals surface area contributed by atoms with E-state index in [0.717, 1.165) is 37.9 Å². The largest absolute Gasteiger partial charge is 0.395 e. The molecule has 7 heteroatoms. The Morgan fingerprint density at radius 1 is 1.22 bits per heavy atom. The Morgan fingerprint density at radius 2 is 2.00 bits per heavy atom. The lowest BCUT2D eigenvalue weighted by molar-refractivity contribution is 0.0849. The molecule has 1 fully saturated rings. The summed E-state index contributed by atoms with van der Waals surface area (Å²) in [5.41, 5.74) is 1.96. The minimum Gasteiger partial charge on any atom is -0.395 e. The zero-order chi connectivity index (χ0) is 19.2. The molecule has 2 N–H and O–H groups in total. The Balaban J connectivity index is 1.55. The van der Waals surface area contributed by atoms with Gasteiger partial charge in [-0.3, -0.25) is 14.5 Å². The molecule has 0 aliphatic carbocycles. The molecule has 0 radical (unpaired) electrons. The summed E-state index contributed by atoms with van der Waals surface area (Å²) in [6.45, 7) is 2.45. The summed E-state index contributed by atoms with van der Waals surface area (Å²) in [5, 5.41) is 16.6. The van der Waals surface area contributed by atoms with Crippen LogP contribution in [0.4, 0.5) is 0 Å². The third kappa shape index (κ3) is 4.81. The van der Waals surface area contributed by atoms with Crippen molar-refractivity contribution in [2.45, 2.75) is 25.3 Å². The minimum absolute atomic E-state index is 0.118. The summed E-state index contributed by atoms with van der Waals surface area (Å²) in [7, 11) is 1.61. The molecule has 1 aliphatic heterocycles. The number of hydrogen-bond donors (Lipinski definition) is 2. The van der Waals surface area contributed by atoms with Crippen LogP contribution in [0.5, 0.6) is 0 Å². The summed E-state index contributed by atoms with van der Waals surface area (Å²) in [6, 6.07) is 10.5. The number of carbonyl (C=O) groups excluding carboxylic acids is 1. The molecule has 7 nitrogen and oxygen atoms in total. The lowest BCUT2D eigenvalue weighted by Crippen LogP contribution is -2.45. The molecule has 1 saturated heterocycles. The van der Waals surface area contributed by atoms with E-state index in [1.165, 1.54) is 10.7 Å². The van der Waals surface area contributed by atoms with Gasteiger partial charge in [0.05, 0.1) is 12.3 Å². The van der Waals surface area contributed by atoms with Gasteiger partial charge in [0, 0.05) is 43.4 Å². The van der Waals surface area contributed by atoms with Crippen molar-refractivity contribution in [3.05, 3.63) is 52.3 Å². The van der Waals surface area contributed by atoms with Crippen LogP contribution in [0.2, 0.25) is 0 Å². The number of aromatic nitrogens is 2. The number of nitrogens with zero attached hydrogens (tertiary/aromatic N) is 3. The first-order valence-corrected chi connectivity index (χ1v) is 9.36. The topological polar surface area (TPSA) is 87.5 Å². The monoisotopic (exact) mass is 370 g/mol. The van der Waals surface area contributed by atoms with Gasteiger partial charge in [-0.2, -0.15) is 5.10 Å². The van der Waals surface area contributed by atoms with E-state index in [4.69, 9.17) is 0 Å². The van der Waals surface area contributed by atoms with Gasteiger partial charge in [0.2, 0.25) is 0 Å². The summed E-state index contributed by atoms with van der Waals surface area (Å²) in [5.74, 6) is -0.118. The van der Waals surface area contributed by atoms with Crippen LogP contribution in [0.3, 0.4) is 0 Å². The molecule has 1 aliphatic rings. The first-order chi connectivity index (χ1) is 13.1. The van der Waals surface area contributed by atoms with Crippen LogP contribution in [-0.2, 0) is 7.05 Å². The molecule has 1 atom stereocenters. The van der Waals surface area contributed by atoms with E-state index >= 15 is 0 Å². The van der Waals surface area contributed by atoms with Crippen molar-refractivity contribution in [1.29, 1.82) is 0 Å². The number of carbonyl (C=O) groups is 1. The van der Waals surface area contributed by atoms with Crippen LogP contribution in [0.1, 0.15) is 29.6 Å². The predicted molar refractivity (Wildman–Crippen MR) is 104 cm³/mol. The quantitative estimate of drug-likeness (QED) is 0.793. The first-order valence-electron chi connectivity index (χ1n) is 9.36. The fourth-order valence-corrected chi connectivity index (χ4v) is 3.42. The van der Waals surface area contributed by atoms with E-state index in [-0.39, 0.29) is 24.1 Å². The van der Waals surface area contributed by atoms with Gasteiger partial charge in [0.1, 0.15) is 0 Å². The average molecular weight is 370 g/mol. The van der Waals surface area contributed by atoms with Gasteiger partial charge in [-0.05, 0) is 37.6 Å². The van der Waals surface area contributed by atoms with Crippen LogP contribution >= 0.6 is 0 Å². The third-order valence-corrected chi connectivity index (χ3v) is 5.05. The van der Waals surface area contributed by atoms with Crippen LogP contribution < -0.4 is 10.9 Å². The predicted octanol–water partition coefficient (Wildman–Crippen LogP) is 1.02. The number of amides is 1. The fraction of sp³-hybridized carbons (Fsp3) is 0.450. The maximum atomic E-state index is 12.3. The van der Waals surface area contributed by atoms with E-state index in [1.807, 2.05) is 12.1 Å². The second-order valence-electron chi connectivity index (χ2n) is 6.88. The van der Waals surface area contributed by atoms with Gasteiger partial charge >= 0.3 is 0 Å². The Bertz CT molecular complexity index is 832. The first kappa shape index (κ1) is 19.3. The summed E-state index contributed by atoms with van der Waals surface area (Å²) in [4.78, 5) is 26.0. The van der Waals surface area contributed by atoms with Crippen LogP contribution in [0, 0.1) is 0 Å². The molecule has 27 heavy (non-hydrogen) atoms. The van der Waals surface area contributed by atoms with E-state index in [2.05, 4.69) is 15.3 Å². The zero-order valence-corrected chi connectivity index (χ0v) is 15.6. The number of benzene rings is 1. The molecule has 1 unspecified atom stereocenters. The highest BCUT2D eigenvalue weighted by Gasteiger charge is 2.21. The molecular formula is C20H26N4O3. The van der Waals surface area contributed by atoms with Crippen LogP contribution in [0.15, 0.2) is 41.2 Å². The number of aliphatic hydroxyl groups is 1. The van der Waals surface area contributed by atoms with E-state index < -0.39 is 0 Å². The SMILES string of the molecule is Cn1nc(-c2ccc(C(=O)NCCN3CCCCC3CO)cc2)ccc1=O. The molecule has 2 aromatic rings. The average Bonchev–Trinajstić information content (AvgIpc) is 2.70. The minimum atomic E-state index is -0.160. The van der Waals surface area contributed by atoms with Crippen LogP contribution in [-0.4, -0.2) is 58.0 Å². The van der Waals surface area contributed by atoms with Gasteiger partial charge in [0.25, 0.3) is 11.5 Å². The van der Waals surface area contributed by atoms with E-state index in [9.17, 15) is 14.7 Å². The van der Waals surface area contributed by atoms with Crippen molar-refractivity contribution < 1.29 is 9.90 Å². The highest BCUT2D eigenvalue weighted by Crippen LogP contribution is 2.17. The molecule has 0 bridgehead atoms. The lowest BCUT2D eigenvalue weighted by Gasteiger charge is -2.34. The Morgan fingerprint density at radius 3 is 2.70 bits per heavy atom. The van der Waals surface area contributed by atoms with Crippen molar-refractivity contribution in [2.75, 3.05) is 26.2 Å². The highest BCUT2D eigenvalue weighted by molar-refractivity contribution is 5.94. The number of piperidine rings is 1. The van der Waals surface area contributed by atoms with Crippen molar-refractivity contribution in [2.24, 2.45) is 7.05 Å². The third-order valence-electron chi connectivity index (χ3n) is 5.05. The smallest absolute Gasteiger partial charge is 0.266 e. The molecule has 2 heterocycles. The molecule has 1 amide bonds. The van der Waals surface area contributed by atoms with Gasteiger partial charge in [-0.1, -0.05) is 18.6 Å². The van der Waals surface area contributed by atoms with Gasteiger partial charge in [-0.25, -0.2) is 4.68 Å². The van der Waals surface area contributed by atoms with Crippen molar-refractivity contribution >= 4 is 5.91 Å². The van der Waals surface area contributed by atoms with Crippen molar-refractivity contribution in [1.82, 2.24) is 20.0 Å².